The summed E-state index contributed by atoms with van der Waals surface area (Å²) in [5.74, 6) is -1.51. The Morgan fingerprint density at radius 2 is 2.15 bits per heavy atom. The Kier molecular flexibility index (Phi) is 2.93. The van der Waals surface area contributed by atoms with Gasteiger partial charge in [-0.1, -0.05) is 18.2 Å². The zero-order chi connectivity index (χ0) is 14.2. The lowest BCUT2D eigenvalue weighted by Crippen LogP contribution is -2.57. The zero-order valence-corrected chi connectivity index (χ0v) is 10.6. The molecular weight excluding hydrogens is 263 g/mol. The Morgan fingerprint density at radius 1 is 1.40 bits per heavy atom. The van der Waals surface area contributed by atoms with E-state index in [0.29, 0.717) is 5.56 Å². The van der Waals surface area contributed by atoms with Gasteiger partial charge < -0.3 is 9.94 Å². The van der Waals surface area contributed by atoms with Gasteiger partial charge in [-0.2, -0.15) is 0 Å². The molecule has 104 valence electrons. The average Bonchev–Trinajstić information content (AvgIpc) is 2.87. The van der Waals surface area contributed by atoms with Crippen LogP contribution in [0.25, 0.3) is 0 Å². The van der Waals surface area contributed by atoms with E-state index in [1.54, 1.807) is 24.3 Å². The van der Waals surface area contributed by atoms with E-state index in [9.17, 15) is 14.3 Å². The molecule has 1 N–H and O–H groups in total. The maximum absolute atomic E-state index is 13.7. The van der Waals surface area contributed by atoms with E-state index < -0.39 is 11.6 Å². The number of aliphatic carboxylic acids is 1. The minimum absolute atomic E-state index is 0.150. The lowest BCUT2D eigenvalue weighted by atomic mass is 9.68. The summed E-state index contributed by atoms with van der Waals surface area (Å²) in [6.45, 7) is 0. The summed E-state index contributed by atoms with van der Waals surface area (Å²) in [5.41, 5.74) is -0.799. The van der Waals surface area contributed by atoms with E-state index in [0.717, 1.165) is 4.85 Å². The molecule has 2 aromatic rings. The molecule has 1 aromatic heterocycles. The number of hydrogen-bond acceptors (Lipinski definition) is 3. The monoisotopic (exact) mass is 276 g/mol. The van der Waals surface area contributed by atoms with Crippen molar-refractivity contribution in [3.63, 3.8) is 0 Å². The van der Waals surface area contributed by atoms with Crippen LogP contribution in [0.5, 0.6) is 0 Å². The van der Waals surface area contributed by atoms with Gasteiger partial charge in [0, 0.05) is 12.8 Å². The van der Waals surface area contributed by atoms with Crippen LogP contribution in [0.2, 0.25) is 0 Å². The molecule has 0 saturated heterocycles. The summed E-state index contributed by atoms with van der Waals surface area (Å²) in [7, 11) is 0. The van der Waals surface area contributed by atoms with Crippen molar-refractivity contribution in [3.8, 4) is 0 Å². The number of aromatic nitrogens is 2. The highest BCUT2D eigenvalue weighted by atomic mass is 19.1. The van der Waals surface area contributed by atoms with Crippen LogP contribution in [0.1, 0.15) is 24.3 Å². The number of benzene rings is 1. The van der Waals surface area contributed by atoms with E-state index >= 15 is 0 Å². The topological polar surface area (TPSA) is 64.3 Å². The second-order valence-corrected chi connectivity index (χ2v) is 4.93. The normalized spacial score (nSPS) is 24.9. The third-order valence-corrected chi connectivity index (χ3v) is 3.64. The highest BCUT2D eigenvalue weighted by Crippen LogP contribution is 2.46. The lowest BCUT2D eigenvalue weighted by molar-refractivity contribution is -0.186. The number of carbonyl (C=O) groups is 1. The molecule has 1 heterocycles. The number of hydrogen-bond donors (Lipinski definition) is 1. The van der Waals surface area contributed by atoms with Crippen LogP contribution < -0.4 is 4.84 Å². The number of rotatable bonds is 4. The number of carboxylic acid groups (broad SMARTS) is 1. The molecule has 0 aliphatic heterocycles. The molecule has 1 aliphatic carbocycles. The number of nitrogens with zero attached hydrogens (tertiary/aromatic N) is 2. The Labute approximate surface area is 114 Å². The van der Waals surface area contributed by atoms with Gasteiger partial charge in [-0.05, 0) is 23.6 Å². The molecule has 1 aliphatic rings. The smallest absolute Gasteiger partial charge is 0.350 e. The summed E-state index contributed by atoms with van der Waals surface area (Å²) < 4.78 is 13.7. The van der Waals surface area contributed by atoms with E-state index in [-0.39, 0.29) is 24.6 Å². The van der Waals surface area contributed by atoms with Gasteiger partial charge in [-0.3, -0.25) is 0 Å². The minimum atomic E-state index is -1.33. The van der Waals surface area contributed by atoms with Gasteiger partial charge in [0.2, 0.25) is 5.60 Å². The van der Waals surface area contributed by atoms with Gasteiger partial charge in [-0.15, -0.1) is 9.94 Å². The van der Waals surface area contributed by atoms with E-state index in [4.69, 9.17) is 4.84 Å². The quantitative estimate of drug-likeness (QED) is 0.925. The Balaban J connectivity index is 1.78. The first-order valence-electron chi connectivity index (χ1n) is 6.28. The number of carboxylic acids is 1. The van der Waals surface area contributed by atoms with Crippen LogP contribution in [-0.4, -0.2) is 26.6 Å². The van der Waals surface area contributed by atoms with Crippen LogP contribution in [0.15, 0.2) is 42.7 Å². The molecule has 6 heteroatoms. The lowest BCUT2D eigenvalue weighted by Gasteiger charge is -2.43. The van der Waals surface area contributed by atoms with Crippen LogP contribution in [-0.2, 0) is 4.79 Å². The van der Waals surface area contributed by atoms with Gasteiger partial charge in [0.1, 0.15) is 5.82 Å². The third-order valence-electron chi connectivity index (χ3n) is 3.64. The largest absolute Gasteiger partial charge is 0.478 e. The molecule has 0 unspecified atom stereocenters. The minimum Gasteiger partial charge on any atom is -0.478 e. The van der Waals surface area contributed by atoms with Crippen molar-refractivity contribution in [1.82, 2.24) is 9.94 Å². The summed E-state index contributed by atoms with van der Waals surface area (Å²) in [4.78, 5) is 18.0. The van der Waals surface area contributed by atoms with Crippen molar-refractivity contribution in [2.45, 2.75) is 24.4 Å². The fraction of sp³-hybridized carbons (Fsp3) is 0.286. The fourth-order valence-corrected chi connectivity index (χ4v) is 2.54. The average molecular weight is 276 g/mol. The molecule has 0 atom stereocenters. The van der Waals surface area contributed by atoms with Crippen molar-refractivity contribution in [3.05, 3.63) is 54.1 Å². The molecule has 1 aromatic carbocycles. The molecule has 0 radical (unpaired) electrons. The van der Waals surface area contributed by atoms with Crippen molar-refractivity contribution >= 4 is 5.97 Å². The van der Waals surface area contributed by atoms with Crippen molar-refractivity contribution < 1.29 is 19.1 Å². The molecule has 0 amide bonds. The van der Waals surface area contributed by atoms with Gasteiger partial charge in [0.25, 0.3) is 0 Å². The van der Waals surface area contributed by atoms with E-state index in [1.165, 1.54) is 18.5 Å². The van der Waals surface area contributed by atoms with Gasteiger partial charge in [0.15, 0.2) is 0 Å². The van der Waals surface area contributed by atoms with Crippen LogP contribution >= 0.6 is 0 Å². The fourth-order valence-electron chi connectivity index (χ4n) is 2.54. The maximum atomic E-state index is 13.7. The Hall–Kier alpha value is -2.37. The first-order chi connectivity index (χ1) is 9.61. The van der Waals surface area contributed by atoms with Crippen LogP contribution in [0.3, 0.4) is 0 Å². The highest BCUT2D eigenvalue weighted by Gasteiger charge is 2.55. The SMILES string of the molecule is O=C(O)C1(On2cccn2)CC(c2ccccc2F)C1. The van der Waals surface area contributed by atoms with Gasteiger partial charge >= 0.3 is 5.97 Å². The van der Waals surface area contributed by atoms with Gasteiger partial charge in [0.05, 0.1) is 12.4 Å². The second kappa shape index (κ2) is 4.63. The summed E-state index contributed by atoms with van der Waals surface area (Å²) in [6.07, 6.45) is 3.48. The first-order valence-corrected chi connectivity index (χ1v) is 6.28. The van der Waals surface area contributed by atoms with Crippen molar-refractivity contribution in [2.75, 3.05) is 0 Å². The molecule has 1 fully saturated rings. The first kappa shape index (κ1) is 12.7. The van der Waals surface area contributed by atoms with E-state index in [2.05, 4.69) is 5.10 Å². The predicted molar refractivity (Wildman–Crippen MR) is 67.5 cm³/mol. The van der Waals surface area contributed by atoms with E-state index in [1.807, 2.05) is 0 Å². The Morgan fingerprint density at radius 3 is 2.75 bits per heavy atom. The zero-order valence-electron chi connectivity index (χ0n) is 10.6. The summed E-state index contributed by atoms with van der Waals surface area (Å²) in [5, 5.41) is 13.2. The summed E-state index contributed by atoms with van der Waals surface area (Å²) >= 11 is 0. The standard InChI is InChI=1S/C14H13FN2O3/c15-12-5-2-1-4-11(12)10-8-14(9-10,13(18)19)20-17-7-3-6-16-17/h1-7,10H,8-9H2,(H,18,19). The van der Waals surface area contributed by atoms with Crippen LogP contribution in [0.4, 0.5) is 4.39 Å². The van der Waals surface area contributed by atoms with Crippen molar-refractivity contribution in [2.24, 2.45) is 0 Å². The summed E-state index contributed by atoms with van der Waals surface area (Å²) in [6, 6.07) is 8.06. The molecule has 20 heavy (non-hydrogen) atoms. The molecule has 1 saturated carbocycles. The second-order valence-electron chi connectivity index (χ2n) is 4.93. The van der Waals surface area contributed by atoms with Gasteiger partial charge in [-0.25, -0.2) is 9.18 Å². The van der Waals surface area contributed by atoms with Crippen LogP contribution in [0, 0.1) is 5.82 Å². The van der Waals surface area contributed by atoms with Crippen molar-refractivity contribution in [1.29, 1.82) is 0 Å². The molecule has 5 nitrogen and oxygen atoms in total. The Bertz CT molecular complexity index is 621. The molecule has 0 spiro atoms. The highest BCUT2D eigenvalue weighted by molar-refractivity contribution is 5.79. The predicted octanol–water partition coefficient (Wildman–Crippen LogP) is 1.85. The maximum Gasteiger partial charge on any atom is 0.350 e. The third kappa shape index (κ3) is 2.03. The molecular formula is C14H13FN2O3. The molecule has 3 rings (SSSR count). The molecule has 0 bridgehead atoms. The number of halogens is 1.